The summed E-state index contributed by atoms with van der Waals surface area (Å²) in [5.74, 6) is 1.80. The van der Waals surface area contributed by atoms with E-state index in [1.165, 1.54) is 6.33 Å². The summed E-state index contributed by atoms with van der Waals surface area (Å²) in [6.45, 7) is 2.09. The highest BCUT2D eigenvalue weighted by molar-refractivity contribution is 6.35. The quantitative estimate of drug-likeness (QED) is 0.878. The minimum Gasteiger partial charge on any atom is -0.437 e. The number of nitrogens with one attached hydrogen (secondary N) is 1. The summed E-state index contributed by atoms with van der Waals surface area (Å²) in [4.78, 5) is 8.40. The zero-order chi connectivity index (χ0) is 14.5. The van der Waals surface area contributed by atoms with Crippen LogP contribution in [0.4, 0.5) is 5.82 Å². The molecule has 1 aromatic carbocycles. The third kappa shape index (κ3) is 3.32. The Morgan fingerprint density at radius 1 is 1.25 bits per heavy atom. The molecule has 1 aromatic heterocycles. The summed E-state index contributed by atoms with van der Waals surface area (Å²) in [5, 5.41) is 4.06. The maximum Gasteiger partial charge on any atom is 0.227 e. The zero-order valence-electron chi connectivity index (χ0n) is 11.3. The lowest BCUT2D eigenvalue weighted by Crippen LogP contribution is -2.03. The van der Waals surface area contributed by atoms with Crippen molar-refractivity contribution in [1.29, 1.82) is 0 Å². The van der Waals surface area contributed by atoms with E-state index in [-0.39, 0.29) is 0 Å². The Hall–Kier alpha value is -1.52. The van der Waals surface area contributed by atoms with Crippen LogP contribution in [0.25, 0.3) is 0 Å². The van der Waals surface area contributed by atoms with E-state index in [4.69, 9.17) is 27.9 Å². The second-order valence-electron chi connectivity index (χ2n) is 4.18. The molecule has 0 radical (unpaired) electrons. The smallest absolute Gasteiger partial charge is 0.227 e. The van der Waals surface area contributed by atoms with Crippen LogP contribution >= 0.6 is 23.2 Å². The van der Waals surface area contributed by atoms with Gasteiger partial charge in [0.2, 0.25) is 5.88 Å². The maximum atomic E-state index is 6.11. The van der Waals surface area contributed by atoms with Gasteiger partial charge in [0.05, 0.1) is 10.6 Å². The number of hydrogen-bond acceptors (Lipinski definition) is 4. The molecule has 0 aliphatic rings. The number of hydrogen-bond donors (Lipinski definition) is 1. The number of aromatic nitrogens is 2. The molecule has 1 heterocycles. The van der Waals surface area contributed by atoms with Gasteiger partial charge in [0.25, 0.3) is 0 Å². The molecule has 0 saturated heterocycles. The molecule has 106 valence electrons. The molecule has 0 fully saturated rings. The SMILES string of the molecule is CCCc1c(NC)ncnc1Oc1ccc(Cl)cc1Cl. The lowest BCUT2D eigenvalue weighted by Gasteiger charge is -2.13. The standard InChI is InChI=1S/C14H15Cl2N3O/c1-3-4-10-13(17-2)18-8-19-14(10)20-12-6-5-9(15)7-11(12)16/h5-8H,3-4H2,1-2H3,(H,17,18,19). The molecule has 0 atom stereocenters. The highest BCUT2D eigenvalue weighted by Gasteiger charge is 2.13. The van der Waals surface area contributed by atoms with E-state index in [2.05, 4.69) is 22.2 Å². The van der Waals surface area contributed by atoms with Crippen molar-refractivity contribution in [2.45, 2.75) is 19.8 Å². The molecule has 20 heavy (non-hydrogen) atoms. The molecule has 0 unspecified atom stereocenters. The fraction of sp³-hybridized carbons (Fsp3) is 0.286. The van der Waals surface area contributed by atoms with Gasteiger partial charge in [0, 0.05) is 12.1 Å². The largest absolute Gasteiger partial charge is 0.437 e. The first-order valence-corrected chi connectivity index (χ1v) is 7.05. The maximum absolute atomic E-state index is 6.11. The molecule has 6 heteroatoms. The summed E-state index contributed by atoms with van der Waals surface area (Å²) in [6.07, 6.45) is 3.24. The van der Waals surface area contributed by atoms with Crippen molar-refractivity contribution in [2.24, 2.45) is 0 Å². The average molecular weight is 312 g/mol. The topological polar surface area (TPSA) is 47.0 Å². The van der Waals surface area contributed by atoms with Crippen LogP contribution < -0.4 is 10.1 Å². The summed E-state index contributed by atoms with van der Waals surface area (Å²) < 4.78 is 5.81. The van der Waals surface area contributed by atoms with Crippen molar-refractivity contribution < 1.29 is 4.74 Å². The van der Waals surface area contributed by atoms with E-state index in [0.717, 1.165) is 24.2 Å². The van der Waals surface area contributed by atoms with Crippen molar-refractivity contribution in [2.75, 3.05) is 12.4 Å². The van der Waals surface area contributed by atoms with Crippen LogP contribution in [0.1, 0.15) is 18.9 Å². The Balaban J connectivity index is 2.37. The van der Waals surface area contributed by atoms with Crippen molar-refractivity contribution in [3.05, 3.63) is 40.1 Å². The first kappa shape index (κ1) is 14.9. The van der Waals surface area contributed by atoms with Gasteiger partial charge in [-0.05, 0) is 24.6 Å². The van der Waals surface area contributed by atoms with Crippen molar-refractivity contribution in [1.82, 2.24) is 9.97 Å². The monoisotopic (exact) mass is 311 g/mol. The molecule has 4 nitrogen and oxygen atoms in total. The highest BCUT2D eigenvalue weighted by Crippen LogP contribution is 2.33. The Kier molecular flexibility index (Phi) is 5.04. The van der Waals surface area contributed by atoms with Gasteiger partial charge in [0.15, 0.2) is 0 Å². The average Bonchev–Trinajstić information content (AvgIpc) is 2.43. The third-order valence-electron chi connectivity index (χ3n) is 2.74. The Bertz CT molecular complexity index is 605. The number of halogens is 2. The molecular formula is C14H15Cl2N3O. The highest BCUT2D eigenvalue weighted by atomic mass is 35.5. The van der Waals surface area contributed by atoms with E-state index in [0.29, 0.717) is 21.7 Å². The molecule has 0 amide bonds. The van der Waals surface area contributed by atoms with Crippen molar-refractivity contribution in [3.63, 3.8) is 0 Å². The van der Waals surface area contributed by atoms with Gasteiger partial charge in [-0.2, -0.15) is 0 Å². The lowest BCUT2D eigenvalue weighted by molar-refractivity contribution is 0.454. The Morgan fingerprint density at radius 3 is 2.70 bits per heavy atom. The molecule has 2 aromatic rings. The van der Waals surface area contributed by atoms with Crippen LogP contribution in [-0.4, -0.2) is 17.0 Å². The minimum atomic E-state index is 0.449. The van der Waals surface area contributed by atoms with Crippen molar-refractivity contribution in [3.8, 4) is 11.6 Å². The molecule has 0 spiro atoms. The summed E-state index contributed by atoms with van der Waals surface area (Å²) in [6, 6.07) is 5.09. The molecule has 0 aliphatic carbocycles. The van der Waals surface area contributed by atoms with Gasteiger partial charge in [-0.25, -0.2) is 9.97 Å². The van der Waals surface area contributed by atoms with Crippen LogP contribution in [0.15, 0.2) is 24.5 Å². The molecular weight excluding hydrogens is 297 g/mol. The van der Waals surface area contributed by atoms with Gasteiger partial charge in [0.1, 0.15) is 17.9 Å². The zero-order valence-corrected chi connectivity index (χ0v) is 12.8. The second kappa shape index (κ2) is 6.77. The molecule has 1 N–H and O–H groups in total. The lowest BCUT2D eigenvalue weighted by atomic mass is 10.1. The van der Waals surface area contributed by atoms with Crippen LogP contribution in [0, 0.1) is 0 Å². The van der Waals surface area contributed by atoms with Gasteiger partial charge >= 0.3 is 0 Å². The van der Waals surface area contributed by atoms with Crippen LogP contribution in [-0.2, 0) is 6.42 Å². The van der Waals surface area contributed by atoms with Gasteiger partial charge in [-0.1, -0.05) is 36.5 Å². The summed E-state index contributed by atoms with van der Waals surface area (Å²) in [5.41, 5.74) is 0.934. The number of anilines is 1. The fourth-order valence-corrected chi connectivity index (χ4v) is 2.28. The Labute approximate surface area is 128 Å². The number of benzene rings is 1. The van der Waals surface area contributed by atoms with Gasteiger partial charge < -0.3 is 10.1 Å². The van der Waals surface area contributed by atoms with E-state index in [9.17, 15) is 0 Å². The van der Waals surface area contributed by atoms with E-state index < -0.39 is 0 Å². The summed E-state index contributed by atoms with van der Waals surface area (Å²) >= 11 is 12.0. The minimum absolute atomic E-state index is 0.449. The Morgan fingerprint density at radius 2 is 2.05 bits per heavy atom. The van der Waals surface area contributed by atoms with E-state index >= 15 is 0 Å². The number of ether oxygens (including phenoxy) is 1. The van der Waals surface area contributed by atoms with Crippen LogP contribution in [0.3, 0.4) is 0 Å². The normalized spacial score (nSPS) is 10.4. The first-order valence-electron chi connectivity index (χ1n) is 6.30. The molecule has 0 bridgehead atoms. The predicted octanol–water partition coefficient (Wildman–Crippen LogP) is 4.57. The number of rotatable bonds is 5. The summed E-state index contributed by atoms with van der Waals surface area (Å²) in [7, 11) is 1.82. The third-order valence-corrected chi connectivity index (χ3v) is 3.27. The van der Waals surface area contributed by atoms with E-state index in [1.54, 1.807) is 18.2 Å². The fourth-order valence-electron chi connectivity index (χ4n) is 1.84. The van der Waals surface area contributed by atoms with E-state index in [1.807, 2.05) is 7.05 Å². The molecule has 0 saturated carbocycles. The number of nitrogens with zero attached hydrogens (tertiary/aromatic N) is 2. The van der Waals surface area contributed by atoms with Gasteiger partial charge in [-0.15, -0.1) is 0 Å². The molecule has 2 rings (SSSR count). The first-order chi connectivity index (χ1) is 9.65. The predicted molar refractivity (Wildman–Crippen MR) is 82.1 cm³/mol. The van der Waals surface area contributed by atoms with Crippen molar-refractivity contribution >= 4 is 29.0 Å². The van der Waals surface area contributed by atoms with Crippen LogP contribution in [0.5, 0.6) is 11.6 Å². The van der Waals surface area contributed by atoms with Crippen LogP contribution in [0.2, 0.25) is 10.0 Å². The van der Waals surface area contributed by atoms with Gasteiger partial charge in [-0.3, -0.25) is 0 Å². The molecule has 0 aliphatic heterocycles. The second-order valence-corrected chi connectivity index (χ2v) is 5.03.